The average molecular weight is 548 g/mol. The highest BCUT2D eigenvalue weighted by Crippen LogP contribution is 2.76. The van der Waals surface area contributed by atoms with Gasteiger partial charge in [0.1, 0.15) is 20.3 Å². The van der Waals surface area contributed by atoms with Gasteiger partial charge in [0, 0.05) is 23.0 Å². The van der Waals surface area contributed by atoms with E-state index in [4.69, 9.17) is 6.57 Å². The summed E-state index contributed by atoms with van der Waals surface area (Å²) >= 11 is 0. The molecule has 0 saturated heterocycles. The van der Waals surface area contributed by atoms with Crippen LogP contribution in [0.2, 0.25) is 0 Å². The third-order valence-electron chi connectivity index (χ3n) is 13.2. The van der Waals surface area contributed by atoms with Crippen molar-refractivity contribution in [3.8, 4) is 6.07 Å². The van der Waals surface area contributed by atoms with Gasteiger partial charge in [-0.05, 0) is 91.9 Å². The van der Waals surface area contributed by atoms with Gasteiger partial charge in [0.15, 0.2) is 11.6 Å². The van der Waals surface area contributed by atoms with Crippen LogP contribution in [0.15, 0.2) is 27.8 Å². The number of nitrogens with zero attached hydrogens (tertiary/aromatic N) is 3. The van der Waals surface area contributed by atoms with Gasteiger partial charge in [-0.2, -0.15) is 11.8 Å². The molecule has 4 saturated carbocycles. The third kappa shape index (κ3) is 3.09. The predicted molar refractivity (Wildman–Crippen MR) is 150 cm³/mol. The van der Waals surface area contributed by atoms with Crippen molar-refractivity contribution in [3.63, 3.8) is 0 Å². The second-order valence-corrected chi connectivity index (χ2v) is 17.8. The van der Waals surface area contributed by atoms with E-state index < -0.39 is 25.3 Å². The highest BCUT2D eigenvalue weighted by molar-refractivity contribution is 7.94. The van der Waals surface area contributed by atoms with Crippen LogP contribution in [0.1, 0.15) is 92.4 Å². The van der Waals surface area contributed by atoms with E-state index in [2.05, 4.69) is 50.1 Å². The molecule has 0 aromatic rings. The minimum absolute atomic E-state index is 0.0102. The maximum atomic E-state index is 14.5. The Bertz CT molecular complexity index is 1480. The molecule has 7 heteroatoms. The summed E-state index contributed by atoms with van der Waals surface area (Å²) in [5.41, 5.74) is -0.209. The molecule has 1 unspecified atom stereocenters. The highest BCUT2D eigenvalue weighted by atomic mass is 32.2. The van der Waals surface area contributed by atoms with E-state index in [9.17, 15) is 19.1 Å². The van der Waals surface area contributed by atoms with Crippen LogP contribution in [0, 0.1) is 62.7 Å². The molecule has 6 aliphatic carbocycles. The first kappa shape index (κ1) is 26.9. The molecule has 0 radical (unpaired) electrons. The van der Waals surface area contributed by atoms with E-state index in [1.54, 1.807) is 6.26 Å². The predicted octanol–water partition coefficient (Wildman–Crippen LogP) is 6.64. The zero-order valence-electron chi connectivity index (χ0n) is 24.2. The van der Waals surface area contributed by atoms with Gasteiger partial charge in [0.2, 0.25) is 0 Å². The van der Waals surface area contributed by atoms with Gasteiger partial charge in [0.25, 0.3) is 0 Å². The lowest BCUT2D eigenvalue weighted by molar-refractivity contribution is -0.151. The number of carbonyl (C=O) groups is 2. The van der Waals surface area contributed by atoms with Crippen LogP contribution in [0.25, 0.3) is 4.95 Å². The molecule has 4 fully saturated rings. The number of ketones is 2. The number of allylic oxidation sites excluding steroid dienone is 4. The average Bonchev–Trinajstić information content (AvgIpc) is 3.64. The summed E-state index contributed by atoms with van der Waals surface area (Å²) in [4.78, 5) is 31.1. The maximum Gasteiger partial charge on any atom is 0.179 e. The summed E-state index contributed by atoms with van der Waals surface area (Å²) in [7, 11) is -2.85. The standard InChI is InChI=1S/C32H41N3O3S/c1-27(2)10-14-32(39(7,38)35-34-6)15-11-30(5)25(21(32)18-27)22(36)16-24-28(3)17-20(19-33)26(37)31(12-13-31)23(28)8-9-29(24,30)4/h16-17,21,23,25H,8-15,18H2,1-5,7H3/t21-,23+,25-,28-,29+,30+,32-,39?/m0/s1. The summed E-state index contributed by atoms with van der Waals surface area (Å²) in [6.45, 7) is 18.7. The smallest absolute Gasteiger partial charge is 0.179 e. The van der Waals surface area contributed by atoms with Crippen molar-refractivity contribution >= 4 is 21.3 Å². The van der Waals surface area contributed by atoms with Crippen LogP contribution in [-0.2, 0) is 19.3 Å². The molecule has 8 atom stereocenters. The van der Waals surface area contributed by atoms with Crippen molar-refractivity contribution in [2.24, 2.45) is 49.3 Å². The minimum Gasteiger partial charge on any atom is -0.295 e. The summed E-state index contributed by atoms with van der Waals surface area (Å²) in [5, 5.41) is 9.92. The van der Waals surface area contributed by atoms with E-state index in [1.165, 1.54) is 0 Å². The van der Waals surface area contributed by atoms with Crippen molar-refractivity contribution < 1.29 is 13.8 Å². The van der Waals surface area contributed by atoms with E-state index in [0.717, 1.165) is 56.9 Å². The quantitative estimate of drug-likeness (QED) is 0.272. The van der Waals surface area contributed by atoms with Crippen LogP contribution < -0.4 is 0 Å². The van der Waals surface area contributed by atoms with E-state index in [1.807, 2.05) is 12.2 Å². The fourth-order valence-electron chi connectivity index (χ4n) is 10.8. The molecule has 0 aromatic carbocycles. The SMILES string of the molecule is [C-]#[N+]N=S(C)(=O)[C@]12CCC(C)(C)C[C@H]1[C@H]1C(=O)C=C3[C@@]4(C)C=C(C#N)C(=O)C5(CC5)[C@@H]4CC[C@@]3(C)[C@]1(C)CC2. The fourth-order valence-corrected chi connectivity index (χ4v) is 12.8. The van der Waals surface area contributed by atoms with Crippen LogP contribution in [-0.4, -0.2) is 26.8 Å². The first-order valence-electron chi connectivity index (χ1n) is 14.6. The number of hydrogen-bond donors (Lipinski definition) is 0. The van der Waals surface area contributed by atoms with Crippen molar-refractivity contribution in [2.75, 3.05) is 6.26 Å². The van der Waals surface area contributed by atoms with Crippen molar-refractivity contribution in [1.82, 2.24) is 0 Å². The molecule has 0 aromatic heterocycles. The van der Waals surface area contributed by atoms with Crippen LogP contribution in [0.3, 0.4) is 0 Å². The number of hydrogen-bond acceptors (Lipinski definition) is 5. The Morgan fingerprint density at radius 2 is 1.72 bits per heavy atom. The van der Waals surface area contributed by atoms with Crippen molar-refractivity contribution in [1.29, 1.82) is 5.26 Å². The number of carbonyl (C=O) groups excluding carboxylic acids is 2. The van der Waals surface area contributed by atoms with Crippen LogP contribution >= 0.6 is 0 Å². The van der Waals surface area contributed by atoms with Gasteiger partial charge < -0.3 is 0 Å². The first-order chi connectivity index (χ1) is 18.1. The Hall–Kier alpha value is -2.25. The maximum absolute atomic E-state index is 14.5. The summed E-state index contributed by atoms with van der Waals surface area (Å²) in [6.07, 6.45) is 12.8. The van der Waals surface area contributed by atoms with Gasteiger partial charge in [-0.1, -0.05) is 46.3 Å². The Labute approximate surface area is 233 Å². The zero-order chi connectivity index (χ0) is 28.4. The van der Waals surface area contributed by atoms with Gasteiger partial charge >= 0.3 is 0 Å². The molecule has 0 amide bonds. The third-order valence-corrected chi connectivity index (χ3v) is 15.8. The second kappa shape index (κ2) is 7.73. The summed E-state index contributed by atoms with van der Waals surface area (Å²) < 4.78 is 17.6. The van der Waals surface area contributed by atoms with Gasteiger partial charge in [0.05, 0.1) is 10.3 Å². The monoisotopic (exact) mass is 547 g/mol. The number of fused-ring (bicyclic) bond motifs is 8. The van der Waals surface area contributed by atoms with Crippen molar-refractivity contribution in [2.45, 2.75) is 97.2 Å². The van der Waals surface area contributed by atoms with Gasteiger partial charge in [-0.15, -0.1) is 4.95 Å². The number of Topliss-reactive ketones (excluding diaryl/α,β-unsaturated/α-hetero) is 1. The van der Waals surface area contributed by atoms with E-state index in [0.29, 0.717) is 6.42 Å². The number of nitriles is 1. The molecule has 6 aliphatic rings. The Morgan fingerprint density at radius 1 is 1.05 bits per heavy atom. The Balaban J connectivity index is 1.55. The molecular weight excluding hydrogens is 506 g/mol. The molecule has 6 rings (SSSR count). The summed E-state index contributed by atoms with van der Waals surface area (Å²) in [5.74, 6) is -0.170. The number of rotatable bonds is 1. The first-order valence-corrected chi connectivity index (χ1v) is 16.5. The van der Waals surface area contributed by atoms with E-state index >= 15 is 0 Å². The zero-order valence-corrected chi connectivity index (χ0v) is 25.0. The molecule has 0 N–H and O–H groups in total. The van der Waals surface area contributed by atoms with E-state index in [-0.39, 0.29) is 51.1 Å². The second-order valence-electron chi connectivity index (χ2n) is 15.2. The Kier molecular flexibility index (Phi) is 5.34. The normalized spacial score (nSPS) is 46.5. The lowest BCUT2D eigenvalue weighted by Crippen LogP contribution is -2.67. The van der Waals surface area contributed by atoms with Crippen LogP contribution in [0.4, 0.5) is 0 Å². The summed E-state index contributed by atoms with van der Waals surface area (Å²) in [6, 6.07) is 2.21. The molecule has 0 aliphatic heterocycles. The molecular formula is C32H41N3O3S. The highest BCUT2D eigenvalue weighted by Gasteiger charge is 2.73. The van der Waals surface area contributed by atoms with Crippen molar-refractivity contribution in [3.05, 3.63) is 34.8 Å². The minimum atomic E-state index is -2.85. The lowest BCUT2D eigenvalue weighted by Gasteiger charge is -2.68. The molecule has 1 spiro atoms. The topological polar surface area (TPSA) is 91.7 Å². The molecule has 0 bridgehead atoms. The van der Waals surface area contributed by atoms with Gasteiger partial charge in [-0.3, -0.25) is 9.59 Å². The van der Waals surface area contributed by atoms with Crippen LogP contribution in [0.5, 0.6) is 0 Å². The molecule has 0 heterocycles. The molecule has 6 nitrogen and oxygen atoms in total. The Morgan fingerprint density at radius 3 is 2.33 bits per heavy atom. The molecule has 39 heavy (non-hydrogen) atoms. The van der Waals surface area contributed by atoms with Gasteiger partial charge in [-0.25, -0.2) is 4.21 Å². The fraction of sp³-hybridized carbons (Fsp3) is 0.750. The molecule has 208 valence electrons. The lowest BCUT2D eigenvalue weighted by atomic mass is 9.36. The largest absolute Gasteiger partial charge is 0.295 e.